The SMILES string of the molecule is CC(C)(C)c1cc(Br)c2c(c1)-c1ccc(Cl)cc1C2(C)C. The molecule has 0 N–H and O–H groups in total. The van der Waals surface area contributed by atoms with Crippen molar-refractivity contribution in [2.45, 2.75) is 45.4 Å². The highest BCUT2D eigenvalue weighted by molar-refractivity contribution is 9.10. The molecule has 0 bridgehead atoms. The zero-order chi connectivity index (χ0) is 15.6. The molecule has 0 nitrogen and oxygen atoms in total. The van der Waals surface area contributed by atoms with Gasteiger partial charge in [-0.05, 0) is 51.4 Å². The summed E-state index contributed by atoms with van der Waals surface area (Å²) in [5.74, 6) is 0. The predicted molar refractivity (Wildman–Crippen MR) is 95.4 cm³/mol. The van der Waals surface area contributed by atoms with Gasteiger partial charge in [0.25, 0.3) is 0 Å². The third-order valence-corrected chi connectivity index (χ3v) is 5.39. The van der Waals surface area contributed by atoms with Crippen LogP contribution >= 0.6 is 27.5 Å². The molecule has 0 radical (unpaired) electrons. The highest BCUT2D eigenvalue weighted by Gasteiger charge is 2.38. The van der Waals surface area contributed by atoms with Crippen molar-refractivity contribution in [3.05, 3.63) is 56.5 Å². The Labute approximate surface area is 140 Å². The Morgan fingerprint density at radius 1 is 1.00 bits per heavy atom. The molecule has 0 amide bonds. The van der Waals surface area contributed by atoms with Crippen molar-refractivity contribution in [3.63, 3.8) is 0 Å². The molecule has 0 heterocycles. The molecule has 110 valence electrons. The van der Waals surface area contributed by atoms with Gasteiger partial charge in [0.2, 0.25) is 0 Å². The Morgan fingerprint density at radius 2 is 1.67 bits per heavy atom. The van der Waals surface area contributed by atoms with E-state index in [4.69, 9.17) is 11.6 Å². The van der Waals surface area contributed by atoms with Crippen LogP contribution in [0.5, 0.6) is 0 Å². The summed E-state index contributed by atoms with van der Waals surface area (Å²) in [6.45, 7) is 11.3. The van der Waals surface area contributed by atoms with Gasteiger partial charge >= 0.3 is 0 Å². The van der Waals surface area contributed by atoms with Crippen LogP contribution < -0.4 is 0 Å². The molecule has 0 unspecified atom stereocenters. The van der Waals surface area contributed by atoms with Crippen LogP contribution in [0.4, 0.5) is 0 Å². The van der Waals surface area contributed by atoms with Crippen molar-refractivity contribution in [1.29, 1.82) is 0 Å². The Bertz CT molecular complexity index is 736. The minimum atomic E-state index is -0.0230. The average Bonchev–Trinajstić information content (AvgIpc) is 2.57. The van der Waals surface area contributed by atoms with Crippen LogP contribution in [-0.4, -0.2) is 0 Å². The van der Waals surface area contributed by atoms with Gasteiger partial charge in [0, 0.05) is 14.9 Å². The fourth-order valence-electron chi connectivity index (χ4n) is 3.29. The molecule has 0 fully saturated rings. The minimum Gasteiger partial charge on any atom is -0.0843 e. The van der Waals surface area contributed by atoms with Crippen LogP contribution in [0.2, 0.25) is 5.02 Å². The molecule has 2 aromatic rings. The van der Waals surface area contributed by atoms with Gasteiger partial charge in [-0.25, -0.2) is 0 Å². The predicted octanol–water partition coefficient (Wildman–Crippen LogP) is 6.71. The third kappa shape index (κ3) is 2.26. The molecule has 3 rings (SSSR count). The van der Waals surface area contributed by atoms with Crippen LogP contribution in [0.1, 0.15) is 51.3 Å². The van der Waals surface area contributed by atoms with Crippen LogP contribution in [0.3, 0.4) is 0 Å². The molecule has 0 atom stereocenters. The van der Waals surface area contributed by atoms with Gasteiger partial charge in [0.15, 0.2) is 0 Å². The molecular formula is C19H20BrCl. The monoisotopic (exact) mass is 362 g/mol. The first kappa shape index (κ1) is 15.1. The zero-order valence-electron chi connectivity index (χ0n) is 13.1. The van der Waals surface area contributed by atoms with Crippen molar-refractivity contribution in [2.24, 2.45) is 0 Å². The fourth-order valence-corrected chi connectivity index (χ4v) is 4.42. The second kappa shape index (κ2) is 4.60. The first-order valence-corrected chi connectivity index (χ1v) is 8.44. The maximum Gasteiger partial charge on any atom is 0.0409 e. The lowest BCUT2D eigenvalue weighted by Gasteiger charge is -2.25. The van der Waals surface area contributed by atoms with Crippen molar-refractivity contribution in [1.82, 2.24) is 0 Å². The number of benzene rings is 2. The molecule has 1 aliphatic carbocycles. The highest BCUT2D eigenvalue weighted by Crippen LogP contribution is 2.52. The normalized spacial score (nSPS) is 15.8. The summed E-state index contributed by atoms with van der Waals surface area (Å²) in [6, 6.07) is 10.9. The topological polar surface area (TPSA) is 0 Å². The second-order valence-corrected chi connectivity index (χ2v) is 8.74. The Kier molecular flexibility index (Phi) is 3.31. The first-order chi connectivity index (χ1) is 9.62. The third-order valence-electron chi connectivity index (χ3n) is 4.53. The summed E-state index contributed by atoms with van der Waals surface area (Å²) in [5, 5.41) is 0.807. The molecule has 1 aliphatic rings. The lowest BCUT2D eigenvalue weighted by atomic mass is 9.80. The maximum atomic E-state index is 6.23. The molecule has 0 aliphatic heterocycles. The first-order valence-electron chi connectivity index (χ1n) is 7.27. The van der Waals surface area contributed by atoms with Crippen LogP contribution in [-0.2, 0) is 10.8 Å². The lowest BCUT2D eigenvalue weighted by Crippen LogP contribution is -2.17. The van der Waals surface area contributed by atoms with Gasteiger partial charge in [0.1, 0.15) is 0 Å². The average molecular weight is 364 g/mol. The van der Waals surface area contributed by atoms with Gasteiger partial charge in [-0.3, -0.25) is 0 Å². The van der Waals surface area contributed by atoms with E-state index >= 15 is 0 Å². The van der Waals surface area contributed by atoms with E-state index in [1.54, 1.807) is 0 Å². The van der Waals surface area contributed by atoms with Crippen LogP contribution in [0.15, 0.2) is 34.8 Å². The largest absolute Gasteiger partial charge is 0.0843 e. The number of rotatable bonds is 0. The van der Waals surface area contributed by atoms with E-state index in [2.05, 4.69) is 74.8 Å². The summed E-state index contributed by atoms with van der Waals surface area (Å²) in [7, 11) is 0. The molecule has 0 saturated carbocycles. The maximum absolute atomic E-state index is 6.23. The van der Waals surface area contributed by atoms with E-state index in [1.807, 2.05) is 6.07 Å². The van der Waals surface area contributed by atoms with Crippen molar-refractivity contribution < 1.29 is 0 Å². The zero-order valence-corrected chi connectivity index (χ0v) is 15.5. The van der Waals surface area contributed by atoms with E-state index in [1.165, 1.54) is 32.3 Å². The van der Waals surface area contributed by atoms with E-state index < -0.39 is 0 Å². The van der Waals surface area contributed by atoms with E-state index in [0.717, 1.165) is 5.02 Å². The molecule has 0 aromatic heterocycles. The molecule has 2 heteroatoms. The van der Waals surface area contributed by atoms with Gasteiger partial charge in [-0.1, -0.05) is 74.3 Å². The second-order valence-electron chi connectivity index (χ2n) is 7.45. The highest BCUT2D eigenvalue weighted by atomic mass is 79.9. The summed E-state index contributed by atoms with van der Waals surface area (Å²) in [4.78, 5) is 0. The number of halogens is 2. The van der Waals surface area contributed by atoms with Crippen molar-refractivity contribution >= 4 is 27.5 Å². The van der Waals surface area contributed by atoms with Crippen molar-refractivity contribution in [2.75, 3.05) is 0 Å². The fraction of sp³-hybridized carbons (Fsp3) is 0.368. The summed E-state index contributed by atoms with van der Waals surface area (Å²) >= 11 is 10.0. The number of hydrogen-bond acceptors (Lipinski definition) is 0. The lowest BCUT2D eigenvalue weighted by molar-refractivity contribution is 0.588. The molecular weight excluding hydrogens is 344 g/mol. The standard InChI is InChI=1S/C19H20BrCl/c1-18(2,3)11-8-14-13-7-6-12(21)10-15(13)19(4,5)17(14)16(20)9-11/h6-10H,1-5H3. The van der Waals surface area contributed by atoms with Crippen LogP contribution in [0, 0.1) is 0 Å². The molecule has 21 heavy (non-hydrogen) atoms. The van der Waals surface area contributed by atoms with E-state index in [9.17, 15) is 0 Å². The van der Waals surface area contributed by atoms with E-state index in [0.29, 0.717) is 0 Å². The molecule has 2 aromatic carbocycles. The Morgan fingerprint density at radius 3 is 2.29 bits per heavy atom. The smallest absolute Gasteiger partial charge is 0.0409 e. The van der Waals surface area contributed by atoms with Gasteiger partial charge in [0.05, 0.1) is 0 Å². The Balaban J connectivity index is 2.36. The summed E-state index contributed by atoms with van der Waals surface area (Å²) < 4.78 is 1.20. The van der Waals surface area contributed by atoms with Gasteiger partial charge in [-0.15, -0.1) is 0 Å². The van der Waals surface area contributed by atoms with E-state index in [-0.39, 0.29) is 10.8 Å². The number of hydrogen-bond donors (Lipinski definition) is 0. The number of fused-ring (bicyclic) bond motifs is 3. The summed E-state index contributed by atoms with van der Waals surface area (Å²) in [6.07, 6.45) is 0. The summed E-state index contributed by atoms with van der Waals surface area (Å²) in [5.41, 5.74) is 6.80. The van der Waals surface area contributed by atoms with Gasteiger partial charge < -0.3 is 0 Å². The van der Waals surface area contributed by atoms with Gasteiger partial charge in [-0.2, -0.15) is 0 Å². The molecule has 0 saturated heterocycles. The Hall–Kier alpha value is -0.790. The quantitative estimate of drug-likeness (QED) is 0.488. The van der Waals surface area contributed by atoms with Crippen LogP contribution in [0.25, 0.3) is 11.1 Å². The van der Waals surface area contributed by atoms with Crippen molar-refractivity contribution in [3.8, 4) is 11.1 Å². The molecule has 0 spiro atoms. The minimum absolute atomic E-state index is 0.0230.